The molecule has 0 aromatic heterocycles. The zero-order chi connectivity index (χ0) is 14.5. The summed E-state index contributed by atoms with van der Waals surface area (Å²) in [6.45, 7) is 9.41. The molecule has 3 N–H and O–H groups in total. The van der Waals surface area contributed by atoms with Crippen molar-refractivity contribution in [2.45, 2.75) is 64.2 Å². The topological polar surface area (TPSA) is 73.6 Å². The van der Waals surface area contributed by atoms with Crippen molar-refractivity contribution in [2.24, 2.45) is 5.73 Å². The monoisotopic (exact) mass is 272 g/mol. The maximum absolute atomic E-state index is 12.1. The number of hydrogen-bond donors (Lipinski definition) is 2. The molecule has 0 saturated carbocycles. The van der Waals surface area contributed by atoms with Gasteiger partial charge in [0.2, 0.25) is 5.91 Å². The Kier molecular flexibility index (Phi) is 5.77. The van der Waals surface area contributed by atoms with Gasteiger partial charge in [0.15, 0.2) is 0 Å². The van der Waals surface area contributed by atoms with E-state index < -0.39 is 11.7 Å². The van der Waals surface area contributed by atoms with Crippen molar-refractivity contribution in [3.8, 4) is 0 Å². The molecule has 0 aromatic carbocycles. The molecular weight excluding hydrogens is 244 g/mol. The van der Waals surface area contributed by atoms with Gasteiger partial charge in [0.05, 0.1) is 6.61 Å². The molecule has 0 spiro atoms. The number of ether oxygens (including phenoxy) is 2. The van der Waals surface area contributed by atoms with Gasteiger partial charge in [-0.05, 0) is 40.0 Å². The zero-order valence-corrected chi connectivity index (χ0v) is 12.6. The number of rotatable bonds is 6. The summed E-state index contributed by atoms with van der Waals surface area (Å²) < 4.78 is 11.4. The van der Waals surface area contributed by atoms with E-state index in [1.54, 1.807) is 6.92 Å². The summed E-state index contributed by atoms with van der Waals surface area (Å²) in [5.74, 6) is -0.0924. The van der Waals surface area contributed by atoms with Gasteiger partial charge in [-0.15, -0.1) is 0 Å². The second-order valence-corrected chi connectivity index (χ2v) is 6.03. The fraction of sp³-hybridized carbons (Fsp3) is 0.929. The van der Waals surface area contributed by atoms with Crippen LogP contribution in [0.15, 0.2) is 0 Å². The average molecular weight is 272 g/mol. The molecule has 1 fully saturated rings. The van der Waals surface area contributed by atoms with Crippen molar-refractivity contribution in [2.75, 3.05) is 19.8 Å². The maximum Gasteiger partial charge on any atom is 0.249 e. The highest BCUT2D eigenvalue weighted by molar-refractivity contribution is 5.81. The molecule has 1 rings (SSSR count). The highest BCUT2D eigenvalue weighted by Crippen LogP contribution is 2.24. The lowest BCUT2D eigenvalue weighted by molar-refractivity contribution is -0.166. The Morgan fingerprint density at radius 2 is 2.26 bits per heavy atom. The molecule has 1 aliphatic heterocycles. The summed E-state index contributed by atoms with van der Waals surface area (Å²) in [4.78, 5) is 12.1. The van der Waals surface area contributed by atoms with Crippen LogP contribution in [0, 0.1) is 0 Å². The first kappa shape index (κ1) is 16.4. The first-order valence-electron chi connectivity index (χ1n) is 7.12. The zero-order valence-electron chi connectivity index (χ0n) is 12.6. The lowest BCUT2D eigenvalue weighted by atomic mass is 9.96. The number of nitrogens with two attached hydrogens (primary N) is 1. The molecule has 0 bridgehead atoms. The van der Waals surface area contributed by atoms with E-state index in [0.717, 1.165) is 25.9 Å². The Bertz CT molecular complexity index is 299. The molecule has 19 heavy (non-hydrogen) atoms. The minimum absolute atomic E-state index is 0.0924. The van der Waals surface area contributed by atoms with Crippen LogP contribution >= 0.6 is 0 Å². The lowest BCUT2D eigenvalue weighted by Crippen LogP contribution is -2.54. The van der Waals surface area contributed by atoms with Crippen molar-refractivity contribution < 1.29 is 14.3 Å². The van der Waals surface area contributed by atoms with Crippen molar-refractivity contribution in [1.82, 2.24) is 5.32 Å². The summed E-state index contributed by atoms with van der Waals surface area (Å²) in [6, 6.07) is 0. The molecule has 1 heterocycles. The lowest BCUT2D eigenvalue weighted by Gasteiger charge is -2.38. The van der Waals surface area contributed by atoms with Gasteiger partial charge in [0.25, 0.3) is 0 Å². The van der Waals surface area contributed by atoms with E-state index in [0.29, 0.717) is 13.2 Å². The molecule has 1 aliphatic rings. The highest BCUT2D eigenvalue weighted by Gasteiger charge is 2.36. The minimum Gasteiger partial charge on any atom is -0.378 e. The van der Waals surface area contributed by atoms with Gasteiger partial charge in [0, 0.05) is 18.7 Å². The predicted molar refractivity (Wildman–Crippen MR) is 74.9 cm³/mol. The highest BCUT2D eigenvalue weighted by atomic mass is 16.6. The van der Waals surface area contributed by atoms with Gasteiger partial charge in [0.1, 0.15) is 11.7 Å². The van der Waals surface area contributed by atoms with E-state index in [1.807, 2.05) is 20.8 Å². The van der Waals surface area contributed by atoms with Crippen molar-refractivity contribution in [3.05, 3.63) is 0 Å². The number of hydrogen-bond acceptors (Lipinski definition) is 4. The van der Waals surface area contributed by atoms with Crippen LogP contribution in [0.2, 0.25) is 0 Å². The van der Waals surface area contributed by atoms with Gasteiger partial charge >= 0.3 is 0 Å². The van der Waals surface area contributed by atoms with Gasteiger partial charge in [-0.25, -0.2) is 0 Å². The summed E-state index contributed by atoms with van der Waals surface area (Å²) in [5, 5.41) is 2.99. The molecule has 1 saturated heterocycles. The SMILES string of the molecule is CCC(C)(C)NC(=O)C(C)OC1(CN)CCCOC1. The quantitative estimate of drug-likeness (QED) is 0.762. The van der Waals surface area contributed by atoms with E-state index in [1.165, 1.54) is 0 Å². The van der Waals surface area contributed by atoms with Crippen LogP contribution in [0.4, 0.5) is 0 Å². The van der Waals surface area contributed by atoms with Gasteiger partial charge in [-0.2, -0.15) is 0 Å². The van der Waals surface area contributed by atoms with Crippen molar-refractivity contribution in [1.29, 1.82) is 0 Å². The second kappa shape index (κ2) is 6.68. The molecule has 0 aliphatic carbocycles. The predicted octanol–water partition coefficient (Wildman–Crippen LogP) is 1.20. The number of nitrogens with one attached hydrogen (secondary N) is 1. The standard InChI is InChI=1S/C14H28N2O3/c1-5-13(3,4)16-12(17)11(2)19-14(9-15)7-6-8-18-10-14/h11H,5-10,15H2,1-4H3,(H,16,17). The number of amides is 1. The van der Waals surface area contributed by atoms with Gasteiger partial charge in [-0.1, -0.05) is 6.92 Å². The fourth-order valence-electron chi connectivity index (χ4n) is 2.08. The Hall–Kier alpha value is -0.650. The van der Waals surface area contributed by atoms with E-state index in [2.05, 4.69) is 5.32 Å². The van der Waals surface area contributed by atoms with Crippen LogP contribution < -0.4 is 11.1 Å². The fourth-order valence-corrected chi connectivity index (χ4v) is 2.08. The van der Waals surface area contributed by atoms with Gasteiger partial charge < -0.3 is 20.5 Å². The largest absolute Gasteiger partial charge is 0.378 e. The first-order valence-corrected chi connectivity index (χ1v) is 7.12. The normalized spacial score (nSPS) is 25.9. The van der Waals surface area contributed by atoms with Crippen LogP contribution in [-0.2, 0) is 14.3 Å². The Balaban J connectivity index is 2.57. The van der Waals surface area contributed by atoms with Crippen molar-refractivity contribution >= 4 is 5.91 Å². The molecule has 5 nitrogen and oxygen atoms in total. The third-order valence-corrected chi connectivity index (χ3v) is 3.80. The van der Waals surface area contributed by atoms with Crippen molar-refractivity contribution in [3.63, 3.8) is 0 Å². The summed E-state index contributed by atoms with van der Waals surface area (Å²) in [5.41, 5.74) is 5.08. The Labute approximate surface area is 116 Å². The van der Waals surface area contributed by atoms with Crippen LogP contribution in [0.5, 0.6) is 0 Å². The average Bonchev–Trinajstić information content (AvgIpc) is 2.39. The molecule has 1 amide bonds. The third-order valence-electron chi connectivity index (χ3n) is 3.80. The molecule has 0 aromatic rings. The molecular formula is C14H28N2O3. The maximum atomic E-state index is 12.1. The van der Waals surface area contributed by atoms with E-state index in [9.17, 15) is 4.79 Å². The van der Waals surface area contributed by atoms with E-state index in [4.69, 9.17) is 15.2 Å². The third kappa shape index (κ3) is 4.75. The van der Waals surface area contributed by atoms with Crippen LogP contribution in [0.1, 0.15) is 47.0 Å². The van der Waals surface area contributed by atoms with Gasteiger partial charge in [-0.3, -0.25) is 4.79 Å². The summed E-state index contributed by atoms with van der Waals surface area (Å²) in [6.07, 6.45) is 2.12. The smallest absolute Gasteiger partial charge is 0.249 e. The summed E-state index contributed by atoms with van der Waals surface area (Å²) in [7, 11) is 0. The number of carbonyl (C=O) groups excluding carboxylic acids is 1. The van der Waals surface area contributed by atoms with Crippen LogP contribution in [-0.4, -0.2) is 42.9 Å². The molecule has 2 atom stereocenters. The molecule has 5 heteroatoms. The Morgan fingerprint density at radius 3 is 2.74 bits per heavy atom. The van der Waals surface area contributed by atoms with E-state index >= 15 is 0 Å². The Morgan fingerprint density at radius 1 is 1.58 bits per heavy atom. The van der Waals surface area contributed by atoms with Crippen LogP contribution in [0.25, 0.3) is 0 Å². The second-order valence-electron chi connectivity index (χ2n) is 6.03. The molecule has 2 unspecified atom stereocenters. The minimum atomic E-state index is -0.518. The van der Waals surface area contributed by atoms with E-state index in [-0.39, 0.29) is 11.4 Å². The van der Waals surface area contributed by atoms with Crippen LogP contribution in [0.3, 0.4) is 0 Å². The number of carbonyl (C=O) groups is 1. The first-order chi connectivity index (χ1) is 8.84. The molecule has 0 radical (unpaired) electrons. The molecule has 112 valence electrons. The summed E-state index contributed by atoms with van der Waals surface area (Å²) >= 11 is 0.